The summed E-state index contributed by atoms with van der Waals surface area (Å²) in [6.07, 6.45) is 16.5. The molecule has 0 bridgehead atoms. The zero-order valence-electron chi connectivity index (χ0n) is 38.3. The number of fused-ring (bicyclic) bond motifs is 2. The van der Waals surface area contributed by atoms with Crippen molar-refractivity contribution in [2.24, 2.45) is 0 Å². The molecule has 344 valence electrons. The Morgan fingerprint density at radius 2 is 1.20 bits per heavy atom. The minimum atomic E-state index is -0.796. The van der Waals surface area contributed by atoms with E-state index in [2.05, 4.69) is 22.6 Å². The number of nitrogens with one attached hydrogen (secondary N) is 1. The molecule has 0 atom stereocenters. The normalized spacial score (nSPS) is 11.1. The molecule has 1 aromatic heterocycles. The predicted octanol–water partition coefficient (Wildman–Crippen LogP) is 12.5. The van der Waals surface area contributed by atoms with E-state index < -0.39 is 17.9 Å². The van der Waals surface area contributed by atoms with Crippen molar-refractivity contribution in [1.82, 2.24) is 15.0 Å². The van der Waals surface area contributed by atoms with Gasteiger partial charge >= 0.3 is 12.0 Å². The first-order valence-corrected chi connectivity index (χ1v) is 23.3. The number of para-hydroxylation sites is 3. The van der Waals surface area contributed by atoms with Gasteiger partial charge in [0.1, 0.15) is 28.3 Å². The van der Waals surface area contributed by atoms with Gasteiger partial charge < -0.3 is 29.4 Å². The SMILES string of the molecule is CCCCCCCCCCCCCCOc1ccccc1NC(=O)c1cc(OC(=O)c2ccccc2N(C)C(=O)n2nnc3cc(OCCC)c(OCCC)cc32)c2ccccc2c1O. The van der Waals surface area contributed by atoms with E-state index >= 15 is 0 Å². The van der Waals surface area contributed by atoms with Crippen LogP contribution >= 0.6 is 0 Å². The number of nitrogens with zero attached hydrogens (tertiary/aromatic N) is 4. The second kappa shape index (κ2) is 24.4. The quantitative estimate of drug-likeness (QED) is 0.0322. The van der Waals surface area contributed by atoms with Gasteiger partial charge in [0.05, 0.1) is 42.3 Å². The molecule has 5 aromatic carbocycles. The Morgan fingerprint density at radius 1 is 0.615 bits per heavy atom. The van der Waals surface area contributed by atoms with Gasteiger partial charge in [0.15, 0.2) is 11.5 Å². The zero-order chi connectivity index (χ0) is 46.0. The lowest BCUT2D eigenvalue weighted by Gasteiger charge is -2.20. The largest absolute Gasteiger partial charge is 0.506 e. The second-order valence-corrected chi connectivity index (χ2v) is 16.2. The second-order valence-electron chi connectivity index (χ2n) is 16.2. The Balaban J connectivity index is 1.14. The summed E-state index contributed by atoms with van der Waals surface area (Å²) < 4.78 is 25.2. The summed E-state index contributed by atoms with van der Waals surface area (Å²) >= 11 is 0. The summed E-state index contributed by atoms with van der Waals surface area (Å²) in [4.78, 5) is 43.5. The van der Waals surface area contributed by atoms with Crippen molar-refractivity contribution in [3.63, 3.8) is 0 Å². The molecule has 0 aliphatic rings. The number of benzene rings is 5. The lowest BCUT2D eigenvalue weighted by Crippen LogP contribution is -2.33. The molecule has 0 radical (unpaired) electrons. The molecular weight excluding hydrogens is 823 g/mol. The number of phenols is 1. The molecule has 65 heavy (non-hydrogen) atoms. The molecule has 13 nitrogen and oxygen atoms in total. The number of phenolic OH excluding ortho intramolecular Hbond substituents is 1. The lowest BCUT2D eigenvalue weighted by atomic mass is 10.0. The van der Waals surface area contributed by atoms with Crippen LogP contribution in [0.25, 0.3) is 21.8 Å². The van der Waals surface area contributed by atoms with Crippen LogP contribution in [-0.4, -0.2) is 64.9 Å². The fourth-order valence-electron chi connectivity index (χ4n) is 7.65. The molecule has 0 saturated heterocycles. The maximum atomic E-state index is 14.1. The van der Waals surface area contributed by atoms with E-state index in [0.29, 0.717) is 64.6 Å². The standard InChI is InChI=1S/C52H63N5O8/c1-5-8-9-10-11-12-13-14-15-16-17-24-33-64-45-30-23-21-28-41(45)53-50(59)40-34-46(37-25-18-19-26-38(37)49(40)58)65-51(60)39-27-20-22-29-43(39)56(4)52(61)57-44-36-48(63-32-7-3)47(62-31-6-2)35-42(44)54-55-57/h18-23,25-30,34-36,58H,5-17,24,31-33H2,1-4H3,(H,53,59). The minimum absolute atomic E-state index is 0.0387. The van der Waals surface area contributed by atoms with Gasteiger partial charge in [-0.15, -0.1) is 5.10 Å². The van der Waals surface area contributed by atoms with Crippen molar-refractivity contribution in [2.75, 3.05) is 37.1 Å². The van der Waals surface area contributed by atoms with E-state index in [-0.39, 0.29) is 28.3 Å². The number of hydrogen-bond acceptors (Lipinski definition) is 10. The molecule has 6 rings (SSSR count). The fraction of sp³-hybridized carbons (Fsp3) is 0.404. The van der Waals surface area contributed by atoms with Gasteiger partial charge in [-0.25, -0.2) is 9.59 Å². The number of hydrogen-bond donors (Lipinski definition) is 2. The summed E-state index contributed by atoms with van der Waals surface area (Å²) in [6.45, 7) is 7.69. The van der Waals surface area contributed by atoms with Gasteiger partial charge in [-0.1, -0.05) is 145 Å². The Labute approximate surface area is 382 Å². The van der Waals surface area contributed by atoms with Crippen LogP contribution in [0.15, 0.2) is 91.0 Å². The number of carbonyl (C=O) groups is 3. The third kappa shape index (κ3) is 12.6. The molecule has 0 fully saturated rings. The van der Waals surface area contributed by atoms with Crippen molar-refractivity contribution < 1.29 is 38.4 Å². The number of rotatable bonds is 25. The molecule has 13 heteroatoms. The van der Waals surface area contributed by atoms with Crippen molar-refractivity contribution >= 4 is 51.1 Å². The van der Waals surface area contributed by atoms with Crippen molar-refractivity contribution in [2.45, 2.75) is 111 Å². The van der Waals surface area contributed by atoms with E-state index in [1.165, 1.54) is 82.2 Å². The highest BCUT2D eigenvalue weighted by atomic mass is 16.5. The average molecular weight is 886 g/mol. The van der Waals surface area contributed by atoms with E-state index in [4.69, 9.17) is 18.9 Å². The third-order valence-corrected chi connectivity index (χ3v) is 11.2. The molecule has 1 heterocycles. The number of esters is 1. The van der Waals surface area contributed by atoms with Crippen LogP contribution < -0.4 is 29.2 Å². The number of amides is 2. The predicted molar refractivity (Wildman–Crippen MR) is 256 cm³/mol. The van der Waals surface area contributed by atoms with Gasteiger partial charge in [-0.2, -0.15) is 4.68 Å². The van der Waals surface area contributed by atoms with Crippen LogP contribution in [-0.2, 0) is 0 Å². The minimum Gasteiger partial charge on any atom is -0.506 e. The number of aromatic hydroxyl groups is 1. The first kappa shape index (κ1) is 47.8. The van der Waals surface area contributed by atoms with Crippen molar-refractivity contribution in [3.05, 3.63) is 102 Å². The number of ether oxygens (including phenoxy) is 4. The van der Waals surface area contributed by atoms with Gasteiger partial charge in [-0.3, -0.25) is 9.69 Å². The van der Waals surface area contributed by atoms with E-state index in [9.17, 15) is 19.5 Å². The zero-order valence-corrected chi connectivity index (χ0v) is 38.3. The van der Waals surface area contributed by atoms with Crippen LogP contribution in [0.5, 0.6) is 28.7 Å². The number of unbranched alkanes of at least 4 members (excludes halogenated alkanes) is 11. The monoisotopic (exact) mass is 885 g/mol. The Hall–Kier alpha value is -6.63. The first-order valence-electron chi connectivity index (χ1n) is 23.3. The maximum Gasteiger partial charge on any atom is 0.350 e. The molecule has 0 saturated carbocycles. The molecule has 0 spiro atoms. The Kier molecular flexibility index (Phi) is 18.0. The highest BCUT2D eigenvalue weighted by Crippen LogP contribution is 2.38. The van der Waals surface area contributed by atoms with Crippen LogP contribution in [0.1, 0.15) is 131 Å². The Bertz CT molecular complexity index is 2520. The van der Waals surface area contributed by atoms with E-state index in [0.717, 1.165) is 30.4 Å². The highest BCUT2D eigenvalue weighted by Gasteiger charge is 2.26. The lowest BCUT2D eigenvalue weighted by molar-refractivity contribution is 0.0736. The number of anilines is 2. The summed E-state index contributed by atoms with van der Waals surface area (Å²) in [6, 6.07) is 24.6. The Morgan fingerprint density at radius 3 is 1.89 bits per heavy atom. The topological polar surface area (TPSA) is 154 Å². The van der Waals surface area contributed by atoms with Crippen LogP contribution in [0, 0.1) is 0 Å². The van der Waals surface area contributed by atoms with Crippen LogP contribution in [0.2, 0.25) is 0 Å². The maximum absolute atomic E-state index is 14.1. The molecule has 0 unspecified atom stereocenters. The van der Waals surface area contributed by atoms with Crippen molar-refractivity contribution in [3.8, 4) is 28.7 Å². The third-order valence-electron chi connectivity index (χ3n) is 11.2. The fourth-order valence-corrected chi connectivity index (χ4v) is 7.65. The summed E-state index contributed by atoms with van der Waals surface area (Å²) in [5.74, 6) is -0.160. The molecule has 0 aliphatic heterocycles. The summed E-state index contributed by atoms with van der Waals surface area (Å²) in [5.41, 5.74) is 1.46. The molecule has 2 amide bonds. The van der Waals surface area contributed by atoms with E-state index in [1.807, 2.05) is 19.9 Å². The smallest absolute Gasteiger partial charge is 0.350 e. The van der Waals surface area contributed by atoms with Gasteiger partial charge in [0.25, 0.3) is 5.91 Å². The molecule has 2 N–H and O–H groups in total. The summed E-state index contributed by atoms with van der Waals surface area (Å²) in [5, 5.41) is 23.4. The highest BCUT2D eigenvalue weighted by molar-refractivity contribution is 6.12. The molecule has 0 aliphatic carbocycles. The number of aromatic nitrogens is 3. The first-order chi connectivity index (χ1) is 31.7. The van der Waals surface area contributed by atoms with Crippen molar-refractivity contribution in [1.29, 1.82) is 0 Å². The average Bonchev–Trinajstić information content (AvgIpc) is 3.74. The van der Waals surface area contributed by atoms with Gasteiger partial charge in [0, 0.05) is 30.0 Å². The van der Waals surface area contributed by atoms with Gasteiger partial charge in [0.2, 0.25) is 0 Å². The van der Waals surface area contributed by atoms with Crippen LogP contribution in [0.3, 0.4) is 0 Å². The molecule has 6 aromatic rings. The van der Waals surface area contributed by atoms with Crippen LogP contribution in [0.4, 0.5) is 16.2 Å². The number of carbonyl (C=O) groups excluding carboxylic acids is 3. The van der Waals surface area contributed by atoms with E-state index in [1.54, 1.807) is 78.9 Å². The summed E-state index contributed by atoms with van der Waals surface area (Å²) in [7, 11) is 1.52. The van der Waals surface area contributed by atoms with Gasteiger partial charge in [-0.05, 0) is 49.6 Å². The molecular formula is C52H63N5O8.